The molecule has 6 heteroatoms. The van der Waals surface area contributed by atoms with E-state index < -0.39 is 0 Å². The highest BCUT2D eigenvalue weighted by atomic mass is 32.1. The number of rotatable bonds is 7. The van der Waals surface area contributed by atoms with Crippen molar-refractivity contribution in [3.05, 3.63) is 45.6 Å². The Morgan fingerprint density at radius 3 is 2.76 bits per heavy atom. The Hall–Kier alpha value is -2.21. The minimum atomic E-state index is 0.225. The standard InChI is InChI=1S/C19H27N3O2S/c1-5-20-19(22-13(2)10-17-8-6-14(3)25-17)21-12-15-11-16(24-4)7-9-18(15)23/h6-9,11,13,23H,5,10,12H2,1-4H3,(H2,20,21,22). The Kier molecular flexibility index (Phi) is 7.13. The summed E-state index contributed by atoms with van der Waals surface area (Å²) in [5, 5.41) is 16.7. The van der Waals surface area contributed by atoms with Crippen molar-refractivity contribution in [1.82, 2.24) is 10.6 Å². The maximum Gasteiger partial charge on any atom is 0.191 e. The van der Waals surface area contributed by atoms with Crippen LogP contribution in [-0.2, 0) is 13.0 Å². The van der Waals surface area contributed by atoms with Crippen LogP contribution in [0.4, 0.5) is 0 Å². The third-order valence-electron chi connectivity index (χ3n) is 3.72. The molecule has 25 heavy (non-hydrogen) atoms. The van der Waals surface area contributed by atoms with Crippen LogP contribution in [0.25, 0.3) is 0 Å². The smallest absolute Gasteiger partial charge is 0.191 e. The van der Waals surface area contributed by atoms with Crippen LogP contribution in [0.3, 0.4) is 0 Å². The molecule has 0 aliphatic rings. The molecule has 1 aromatic heterocycles. The topological polar surface area (TPSA) is 65.9 Å². The predicted molar refractivity (Wildman–Crippen MR) is 105 cm³/mol. The summed E-state index contributed by atoms with van der Waals surface area (Å²) in [4.78, 5) is 7.28. The molecule has 1 heterocycles. The van der Waals surface area contributed by atoms with E-state index in [9.17, 15) is 5.11 Å². The zero-order chi connectivity index (χ0) is 18.2. The van der Waals surface area contributed by atoms with Crippen LogP contribution in [0.5, 0.6) is 11.5 Å². The highest BCUT2D eigenvalue weighted by Crippen LogP contribution is 2.23. The van der Waals surface area contributed by atoms with Crippen molar-refractivity contribution in [1.29, 1.82) is 0 Å². The molecule has 2 rings (SSSR count). The molecule has 2 aromatic rings. The number of aromatic hydroxyl groups is 1. The van der Waals surface area contributed by atoms with Crippen molar-refractivity contribution in [3.63, 3.8) is 0 Å². The van der Waals surface area contributed by atoms with Crippen LogP contribution in [0.1, 0.15) is 29.2 Å². The normalized spacial score (nSPS) is 12.7. The van der Waals surface area contributed by atoms with E-state index in [0.717, 1.165) is 24.5 Å². The van der Waals surface area contributed by atoms with E-state index in [1.165, 1.54) is 9.75 Å². The zero-order valence-electron chi connectivity index (χ0n) is 15.3. The van der Waals surface area contributed by atoms with Gasteiger partial charge in [0.05, 0.1) is 13.7 Å². The molecule has 0 saturated carbocycles. The summed E-state index contributed by atoms with van der Waals surface area (Å²) < 4.78 is 5.21. The Morgan fingerprint density at radius 1 is 1.32 bits per heavy atom. The Morgan fingerprint density at radius 2 is 2.12 bits per heavy atom. The summed E-state index contributed by atoms with van der Waals surface area (Å²) in [6.45, 7) is 7.46. The number of hydrogen-bond acceptors (Lipinski definition) is 4. The largest absolute Gasteiger partial charge is 0.508 e. The van der Waals surface area contributed by atoms with Gasteiger partial charge in [0.1, 0.15) is 11.5 Å². The Bertz CT molecular complexity index is 712. The molecular weight excluding hydrogens is 334 g/mol. The summed E-state index contributed by atoms with van der Waals surface area (Å²) >= 11 is 1.83. The number of phenols is 1. The first-order chi connectivity index (χ1) is 12.0. The number of phenolic OH excluding ortho intramolecular Hbond substituents is 1. The molecule has 0 radical (unpaired) electrons. The SMILES string of the molecule is CCNC(=NCc1cc(OC)ccc1O)NC(C)Cc1ccc(C)s1. The third-order valence-corrected chi connectivity index (χ3v) is 4.75. The number of methoxy groups -OCH3 is 1. The Balaban J connectivity index is 2.02. The average molecular weight is 362 g/mol. The summed E-state index contributed by atoms with van der Waals surface area (Å²) in [5.41, 5.74) is 0.734. The van der Waals surface area contributed by atoms with Gasteiger partial charge in [0.15, 0.2) is 5.96 Å². The number of thiophene rings is 1. The summed E-state index contributed by atoms with van der Waals surface area (Å²) in [5.74, 6) is 1.68. The van der Waals surface area contributed by atoms with Gasteiger partial charge in [-0.2, -0.15) is 0 Å². The number of benzene rings is 1. The fourth-order valence-corrected chi connectivity index (χ4v) is 3.50. The maximum atomic E-state index is 9.99. The lowest BCUT2D eigenvalue weighted by Gasteiger charge is -2.17. The summed E-state index contributed by atoms with van der Waals surface area (Å²) in [6.07, 6.45) is 0.952. The lowest BCUT2D eigenvalue weighted by atomic mass is 10.2. The van der Waals surface area contributed by atoms with E-state index in [1.54, 1.807) is 25.3 Å². The third kappa shape index (κ3) is 5.98. The first-order valence-electron chi connectivity index (χ1n) is 8.47. The molecule has 0 aliphatic heterocycles. The van der Waals surface area contributed by atoms with E-state index >= 15 is 0 Å². The summed E-state index contributed by atoms with van der Waals surface area (Å²) in [7, 11) is 1.61. The molecule has 1 aromatic carbocycles. The van der Waals surface area contributed by atoms with Gasteiger partial charge < -0.3 is 20.5 Å². The predicted octanol–water partition coefficient (Wildman–Crippen LogP) is 3.46. The second-order valence-electron chi connectivity index (χ2n) is 5.95. The number of aryl methyl sites for hydroxylation is 1. The number of ether oxygens (including phenoxy) is 1. The quantitative estimate of drug-likeness (QED) is 0.522. The van der Waals surface area contributed by atoms with E-state index in [1.807, 2.05) is 18.3 Å². The number of guanidine groups is 1. The molecule has 136 valence electrons. The van der Waals surface area contributed by atoms with Crippen LogP contribution in [0.15, 0.2) is 35.3 Å². The number of aliphatic imine (C=N–C) groups is 1. The van der Waals surface area contributed by atoms with Crippen LogP contribution < -0.4 is 15.4 Å². The van der Waals surface area contributed by atoms with Gasteiger partial charge in [0.2, 0.25) is 0 Å². The fourth-order valence-electron chi connectivity index (χ4n) is 2.48. The molecule has 0 saturated heterocycles. The van der Waals surface area contributed by atoms with E-state index in [0.29, 0.717) is 12.3 Å². The van der Waals surface area contributed by atoms with Gasteiger partial charge in [-0.15, -0.1) is 11.3 Å². The van der Waals surface area contributed by atoms with Gasteiger partial charge in [-0.1, -0.05) is 0 Å². The average Bonchev–Trinajstić information content (AvgIpc) is 2.98. The molecule has 0 aliphatic carbocycles. The fraction of sp³-hybridized carbons (Fsp3) is 0.421. The first kappa shape index (κ1) is 19.1. The lowest BCUT2D eigenvalue weighted by Crippen LogP contribution is -2.43. The van der Waals surface area contributed by atoms with E-state index in [2.05, 4.69) is 41.6 Å². The molecule has 1 unspecified atom stereocenters. The maximum absolute atomic E-state index is 9.99. The van der Waals surface area contributed by atoms with Gasteiger partial charge >= 0.3 is 0 Å². The van der Waals surface area contributed by atoms with Gasteiger partial charge in [-0.25, -0.2) is 4.99 Å². The number of nitrogens with zero attached hydrogens (tertiary/aromatic N) is 1. The first-order valence-corrected chi connectivity index (χ1v) is 9.29. The summed E-state index contributed by atoms with van der Waals surface area (Å²) in [6, 6.07) is 9.76. The molecule has 0 bridgehead atoms. The van der Waals surface area contributed by atoms with Crippen molar-refractivity contribution < 1.29 is 9.84 Å². The minimum Gasteiger partial charge on any atom is -0.508 e. The number of nitrogens with one attached hydrogen (secondary N) is 2. The minimum absolute atomic E-state index is 0.225. The van der Waals surface area contributed by atoms with Crippen LogP contribution >= 0.6 is 11.3 Å². The van der Waals surface area contributed by atoms with E-state index in [-0.39, 0.29) is 11.8 Å². The molecular formula is C19H27N3O2S. The molecule has 0 amide bonds. The molecule has 0 spiro atoms. The van der Waals surface area contributed by atoms with Gasteiger partial charge in [-0.3, -0.25) is 0 Å². The monoisotopic (exact) mass is 361 g/mol. The van der Waals surface area contributed by atoms with Gasteiger partial charge in [0, 0.05) is 34.3 Å². The number of hydrogen-bond donors (Lipinski definition) is 3. The van der Waals surface area contributed by atoms with Crippen molar-refractivity contribution in [2.24, 2.45) is 4.99 Å². The van der Waals surface area contributed by atoms with Gasteiger partial charge in [0.25, 0.3) is 0 Å². The van der Waals surface area contributed by atoms with Gasteiger partial charge in [-0.05, 0) is 51.1 Å². The molecule has 5 nitrogen and oxygen atoms in total. The highest BCUT2D eigenvalue weighted by Gasteiger charge is 2.09. The van der Waals surface area contributed by atoms with Crippen molar-refractivity contribution in [2.45, 2.75) is 39.8 Å². The van der Waals surface area contributed by atoms with Crippen LogP contribution in [-0.4, -0.2) is 30.8 Å². The molecule has 3 N–H and O–H groups in total. The van der Waals surface area contributed by atoms with E-state index in [4.69, 9.17) is 4.74 Å². The van der Waals surface area contributed by atoms with Crippen LogP contribution in [0.2, 0.25) is 0 Å². The lowest BCUT2D eigenvalue weighted by molar-refractivity contribution is 0.411. The van der Waals surface area contributed by atoms with Crippen molar-refractivity contribution in [2.75, 3.05) is 13.7 Å². The zero-order valence-corrected chi connectivity index (χ0v) is 16.1. The molecule has 1 atom stereocenters. The second kappa shape index (κ2) is 9.32. The van der Waals surface area contributed by atoms with Crippen LogP contribution in [0, 0.1) is 6.92 Å². The highest BCUT2D eigenvalue weighted by molar-refractivity contribution is 7.11. The second-order valence-corrected chi connectivity index (χ2v) is 7.32. The molecule has 0 fully saturated rings. The van der Waals surface area contributed by atoms with Crippen molar-refractivity contribution >= 4 is 17.3 Å². The Labute approximate surface area is 153 Å². The van der Waals surface area contributed by atoms with Crippen molar-refractivity contribution in [3.8, 4) is 11.5 Å².